The second-order valence-corrected chi connectivity index (χ2v) is 5.02. The summed E-state index contributed by atoms with van der Waals surface area (Å²) in [6, 6.07) is 7.34. The van der Waals surface area contributed by atoms with Crippen molar-refractivity contribution in [2.75, 3.05) is 5.32 Å². The molecular formula is C13H8N4O3S. The molecule has 0 aliphatic rings. The Labute approximate surface area is 122 Å². The SMILES string of the molecule is O=C(Nc1ncnc2sccc12)c1cccc([N+](=O)[O-])c1. The van der Waals surface area contributed by atoms with Gasteiger partial charge in [-0.05, 0) is 17.5 Å². The highest BCUT2D eigenvalue weighted by atomic mass is 32.1. The summed E-state index contributed by atoms with van der Waals surface area (Å²) in [6.45, 7) is 0. The zero-order valence-corrected chi connectivity index (χ0v) is 11.3. The van der Waals surface area contributed by atoms with Crippen LogP contribution in [0.5, 0.6) is 0 Å². The molecule has 1 N–H and O–H groups in total. The van der Waals surface area contributed by atoms with Gasteiger partial charge in [0.25, 0.3) is 11.6 Å². The van der Waals surface area contributed by atoms with E-state index in [1.165, 1.54) is 41.9 Å². The minimum Gasteiger partial charge on any atom is -0.306 e. The average molecular weight is 300 g/mol. The monoisotopic (exact) mass is 300 g/mol. The van der Waals surface area contributed by atoms with Gasteiger partial charge in [-0.25, -0.2) is 9.97 Å². The van der Waals surface area contributed by atoms with Gasteiger partial charge in [-0.1, -0.05) is 6.07 Å². The van der Waals surface area contributed by atoms with Gasteiger partial charge in [0, 0.05) is 17.7 Å². The van der Waals surface area contributed by atoms with Crippen LogP contribution in [0, 0.1) is 10.1 Å². The Morgan fingerprint density at radius 2 is 2.14 bits per heavy atom. The molecule has 0 unspecified atom stereocenters. The number of hydrogen-bond donors (Lipinski definition) is 1. The molecule has 2 heterocycles. The van der Waals surface area contributed by atoms with Crippen LogP contribution < -0.4 is 5.32 Å². The van der Waals surface area contributed by atoms with Crippen LogP contribution in [0.2, 0.25) is 0 Å². The third-order valence-corrected chi connectivity index (χ3v) is 3.63. The lowest BCUT2D eigenvalue weighted by atomic mass is 10.2. The Morgan fingerprint density at radius 3 is 2.95 bits per heavy atom. The van der Waals surface area contributed by atoms with Gasteiger partial charge in [-0.2, -0.15) is 0 Å². The Morgan fingerprint density at radius 1 is 1.29 bits per heavy atom. The molecule has 0 fully saturated rings. The van der Waals surface area contributed by atoms with Gasteiger partial charge in [0.1, 0.15) is 17.0 Å². The normalized spacial score (nSPS) is 10.5. The molecule has 0 aliphatic carbocycles. The van der Waals surface area contributed by atoms with Gasteiger partial charge >= 0.3 is 0 Å². The van der Waals surface area contributed by atoms with Crippen molar-refractivity contribution in [3.8, 4) is 0 Å². The fraction of sp³-hybridized carbons (Fsp3) is 0. The van der Waals surface area contributed by atoms with E-state index in [0.29, 0.717) is 5.82 Å². The number of nitrogens with one attached hydrogen (secondary N) is 1. The highest BCUT2D eigenvalue weighted by Crippen LogP contribution is 2.24. The van der Waals surface area contributed by atoms with E-state index < -0.39 is 10.8 Å². The molecule has 0 saturated heterocycles. The van der Waals surface area contributed by atoms with Crippen LogP contribution in [0.15, 0.2) is 42.0 Å². The minimum atomic E-state index is -0.543. The second-order valence-electron chi connectivity index (χ2n) is 4.12. The summed E-state index contributed by atoms with van der Waals surface area (Å²) in [5.41, 5.74) is 0.0669. The van der Waals surface area contributed by atoms with Crippen molar-refractivity contribution in [3.63, 3.8) is 0 Å². The summed E-state index contributed by atoms with van der Waals surface area (Å²) in [4.78, 5) is 31.2. The number of rotatable bonds is 3. The Hall–Kier alpha value is -2.87. The van der Waals surface area contributed by atoms with Crippen molar-refractivity contribution in [2.45, 2.75) is 0 Å². The highest BCUT2D eigenvalue weighted by Gasteiger charge is 2.13. The van der Waals surface area contributed by atoms with Gasteiger partial charge in [-0.3, -0.25) is 14.9 Å². The molecule has 3 rings (SSSR count). The number of fused-ring (bicyclic) bond motifs is 1. The van der Waals surface area contributed by atoms with Crippen LogP contribution in [0.4, 0.5) is 11.5 Å². The van der Waals surface area contributed by atoms with E-state index in [2.05, 4.69) is 15.3 Å². The number of thiophene rings is 1. The Balaban J connectivity index is 1.91. The number of aromatic nitrogens is 2. The lowest BCUT2D eigenvalue weighted by Crippen LogP contribution is -2.13. The summed E-state index contributed by atoms with van der Waals surface area (Å²) in [5, 5.41) is 16.0. The molecule has 1 amide bonds. The van der Waals surface area contributed by atoms with E-state index in [1.54, 1.807) is 0 Å². The maximum absolute atomic E-state index is 12.2. The van der Waals surface area contributed by atoms with Crippen LogP contribution in [0.25, 0.3) is 10.2 Å². The smallest absolute Gasteiger partial charge is 0.270 e. The van der Waals surface area contributed by atoms with E-state index >= 15 is 0 Å². The first kappa shape index (κ1) is 13.1. The molecule has 2 aromatic heterocycles. The Kier molecular flexibility index (Phi) is 3.28. The van der Waals surface area contributed by atoms with Crippen molar-refractivity contribution >= 4 is 39.0 Å². The predicted molar refractivity (Wildman–Crippen MR) is 78.5 cm³/mol. The van der Waals surface area contributed by atoms with Crippen LogP contribution in [0.3, 0.4) is 0 Å². The summed E-state index contributed by atoms with van der Waals surface area (Å²) in [7, 11) is 0. The van der Waals surface area contributed by atoms with Crippen LogP contribution in [0.1, 0.15) is 10.4 Å². The van der Waals surface area contributed by atoms with Crippen molar-refractivity contribution in [1.82, 2.24) is 9.97 Å². The highest BCUT2D eigenvalue weighted by molar-refractivity contribution is 7.16. The third-order valence-electron chi connectivity index (χ3n) is 2.81. The molecule has 0 spiro atoms. The average Bonchev–Trinajstić information content (AvgIpc) is 2.97. The molecule has 0 atom stereocenters. The Bertz CT molecular complexity index is 846. The number of benzene rings is 1. The van der Waals surface area contributed by atoms with Crippen molar-refractivity contribution in [1.29, 1.82) is 0 Å². The minimum absolute atomic E-state index is 0.133. The van der Waals surface area contributed by atoms with Crippen LogP contribution in [-0.2, 0) is 0 Å². The quantitative estimate of drug-likeness (QED) is 0.592. The lowest BCUT2D eigenvalue weighted by molar-refractivity contribution is -0.384. The number of carbonyl (C=O) groups excluding carboxylic acids is 1. The number of anilines is 1. The summed E-state index contributed by atoms with van der Waals surface area (Å²) in [5.74, 6) is -0.0670. The summed E-state index contributed by atoms with van der Waals surface area (Å²) in [6.07, 6.45) is 1.36. The lowest BCUT2D eigenvalue weighted by Gasteiger charge is -2.05. The molecule has 104 valence electrons. The zero-order chi connectivity index (χ0) is 14.8. The molecule has 0 aliphatic heterocycles. The first-order chi connectivity index (χ1) is 10.1. The van der Waals surface area contributed by atoms with Crippen molar-refractivity contribution in [3.05, 3.63) is 57.7 Å². The molecular weight excluding hydrogens is 292 g/mol. The first-order valence-electron chi connectivity index (χ1n) is 5.89. The van der Waals surface area contributed by atoms with E-state index in [0.717, 1.165) is 10.2 Å². The third kappa shape index (κ3) is 2.56. The molecule has 0 bridgehead atoms. The number of carbonyl (C=O) groups is 1. The molecule has 3 aromatic rings. The van der Waals surface area contributed by atoms with Gasteiger partial charge in [0.15, 0.2) is 0 Å². The van der Waals surface area contributed by atoms with Crippen molar-refractivity contribution < 1.29 is 9.72 Å². The predicted octanol–water partition coefficient (Wildman–Crippen LogP) is 2.85. The maximum atomic E-state index is 12.2. The first-order valence-corrected chi connectivity index (χ1v) is 6.77. The van der Waals surface area contributed by atoms with Gasteiger partial charge in [0.05, 0.1) is 10.3 Å². The zero-order valence-electron chi connectivity index (χ0n) is 10.5. The summed E-state index contributed by atoms with van der Waals surface area (Å²) < 4.78 is 0. The van der Waals surface area contributed by atoms with E-state index in [9.17, 15) is 14.9 Å². The second kappa shape index (κ2) is 5.25. The molecule has 0 saturated carbocycles. The molecule has 7 nitrogen and oxygen atoms in total. The van der Waals surface area contributed by atoms with Crippen LogP contribution >= 0.6 is 11.3 Å². The number of nitrogens with zero attached hydrogens (tertiary/aromatic N) is 3. The number of hydrogen-bond acceptors (Lipinski definition) is 6. The van der Waals surface area contributed by atoms with E-state index in [4.69, 9.17) is 0 Å². The number of nitro groups is 1. The molecule has 1 aromatic carbocycles. The fourth-order valence-electron chi connectivity index (χ4n) is 1.83. The number of non-ortho nitro benzene ring substituents is 1. The standard InChI is InChI=1S/C13H8N4O3S/c18-12(8-2-1-3-9(6-8)17(19)20)16-11-10-4-5-21-13(10)15-7-14-11/h1-7H,(H,14,15,16,18). The van der Waals surface area contributed by atoms with Gasteiger partial charge in [0.2, 0.25) is 0 Å². The largest absolute Gasteiger partial charge is 0.306 e. The van der Waals surface area contributed by atoms with Crippen molar-refractivity contribution in [2.24, 2.45) is 0 Å². The number of nitro benzene ring substituents is 1. The molecule has 21 heavy (non-hydrogen) atoms. The fourth-order valence-corrected chi connectivity index (χ4v) is 2.56. The van der Waals surface area contributed by atoms with Gasteiger partial charge < -0.3 is 5.32 Å². The van der Waals surface area contributed by atoms with Crippen LogP contribution in [-0.4, -0.2) is 20.8 Å². The van der Waals surface area contributed by atoms with E-state index in [1.807, 2.05) is 11.4 Å². The topological polar surface area (TPSA) is 98.0 Å². The number of amides is 1. The van der Waals surface area contributed by atoms with Gasteiger partial charge in [-0.15, -0.1) is 11.3 Å². The maximum Gasteiger partial charge on any atom is 0.270 e. The molecule has 0 radical (unpaired) electrons. The van der Waals surface area contributed by atoms with E-state index in [-0.39, 0.29) is 11.3 Å². The molecule has 8 heteroatoms. The summed E-state index contributed by atoms with van der Waals surface area (Å²) >= 11 is 1.44.